The lowest BCUT2D eigenvalue weighted by molar-refractivity contribution is 0.634. The summed E-state index contributed by atoms with van der Waals surface area (Å²) < 4.78 is 134. The van der Waals surface area contributed by atoms with Crippen LogP contribution in [-0.4, -0.2) is 15.0 Å². The van der Waals surface area contributed by atoms with Crippen LogP contribution in [-0.2, 0) is 38.2 Å². The Morgan fingerprint density at radius 3 is 1.59 bits per heavy atom. The Balaban J connectivity index is 1.15. The summed E-state index contributed by atoms with van der Waals surface area (Å²) in [6.45, 7) is 3.21. The average Bonchev–Trinajstić information content (AvgIpc) is 3.74. The molecule has 0 aliphatic carbocycles. The number of para-hydroxylation sites is 1. The van der Waals surface area contributed by atoms with Crippen molar-refractivity contribution in [3.8, 4) is 33.8 Å². The molecule has 0 spiro atoms. The van der Waals surface area contributed by atoms with Crippen LogP contribution in [0.5, 0.6) is 0 Å². The van der Waals surface area contributed by atoms with Crippen molar-refractivity contribution in [1.82, 2.24) is 15.0 Å². The van der Waals surface area contributed by atoms with Crippen molar-refractivity contribution in [3.63, 3.8) is 0 Å². The van der Waals surface area contributed by atoms with Gasteiger partial charge in [-0.2, -0.15) is 0 Å². The van der Waals surface area contributed by atoms with Crippen molar-refractivity contribution < 1.29 is 25.3 Å². The van der Waals surface area contributed by atoms with Gasteiger partial charge >= 0.3 is 0 Å². The minimum Gasteiger partial charge on any atom is -0.455 e. The van der Waals surface area contributed by atoms with Crippen molar-refractivity contribution in [2.45, 2.75) is 52.1 Å². The minimum absolute atomic E-state index is 0.143. The van der Waals surface area contributed by atoms with Crippen molar-refractivity contribution in [2.75, 3.05) is 0 Å². The van der Waals surface area contributed by atoms with Gasteiger partial charge in [0, 0.05) is 57.1 Å². The third-order valence-electron chi connectivity index (χ3n) is 9.84. The molecule has 4 nitrogen and oxygen atoms in total. The Hall–Kier alpha value is -6.72. The van der Waals surface area contributed by atoms with Crippen molar-refractivity contribution in [1.29, 1.82) is 0 Å². The minimum atomic E-state index is -3.13. The summed E-state index contributed by atoms with van der Waals surface area (Å²) in [4.78, 5) is 13.4. The second kappa shape index (κ2) is 16.4. The smallest absolute Gasteiger partial charge is 0.144 e. The number of nitrogens with zero attached hydrogens (tertiary/aromatic N) is 3. The Kier molecular flexibility index (Phi) is 7.22. The highest BCUT2D eigenvalue weighted by Crippen LogP contribution is 2.36. The number of benzene rings is 5. The van der Waals surface area contributed by atoms with Gasteiger partial charge in [-0.25, -0.2) is 4.39 Å². The van der Waals surface area contributed by atoms with Gasteiger partial charge in [-0.3, -0.25) is 15.0 Å². The van der Waals surface area contributed by atoms with Gasteiger partial charge in [-0.1, -0.05) is 103 Å². The highest BCUT2D eigenvalue weighted by molar-refractivity contribution is 6.09. The lowest BCUT2D eigenvalue weighted by atomic mass is 9.93. The van der Waals surface area contributed by atoms with E-state index in [4.69, 9.17) is 4.42 Å². The monoisotopic (exact) mass is 769 g/mol. The summed E-state index contributed by atoms with van der Waals surface area (Å²) >= 11 is 0. The summed E-state index contributed by atoms with van der Waals surface area (Å²) in [5.74, 6) is -0.470. The Labute approximate surface area is 356 Å². The van der Waals surface area contributed by atoms with Crippen molar-refractivity contribution in [2.24, 2.45) is 0 Å². The van der Waals surface area contributed by atoms with Gasteiger partial charge in [0.05, 0.1) is 22.5 Å². The molecule has 0 radical (unpaired) electrons. The van der Waals surface area contributed by atoms with Crippen LogP contribution in [0.15, 0.2) is 163 Å². The van der Waals surface area contributed by atoms with Gasteiger partial charge in [0.2, 0.25) is 0 Å². The lowest BCUT2D eigenvalue weighted by Crippen LogP contribution is -2.02. The molecule has 0 N–H and O–H groups in total. The van der Waals surface area contributed by atoms with Gasteiger partial charge in [-0.05, 0) is 133 Å². The topological polar surface area (TPSA) is 51.8 Å². The summed E-state index contributed by atoms with van der Waals surface area (Å²) in [5.41, 5.74) is 2.36. The molecule has 0 aliphatic rings. The van der Waals surface area contributed by atoms with Crippen LogP contribution in [0.1, 0.15) is 61.0 Å². The highest BCUT2D eigenvalue weighted by Gasteiger charge is 2.16. The zero-order chi connectivity index (χ0) is 50.2. The number of hydrogen-bond acceptors (Lipinski definition) is 4. The van der Waals surface area contributed by atoms with E-state index in [2.05, 4.69) is 15.0 Å². The van der Waals surface area contributed by atoms with E-state index < -0.39 is 60.7 Å². The number of aromatic nitrogens is 3. The fraction of sp³-hybridized carbons (Fsp3) is 0.151. The molecule has 0 saturated carbocycles. The standard InChI is InChI=1S/C53H44FN3O/c1-35-27-49(41-11-5-3-6-12-41)56-33-43(35)24-21-39-29-38(30-40(31-39)22-25-44-34-57-50(28-36(44)2)42-13-7-4-8-14-42)20-19-37-23-26-48(55-32-37)45-15-9-16-46-52-47(54)17-10-18-51(52)58-53(45)46/h3-18,23,26-34H,19-22,24-25H2,1-2H3/i19D2,20D2,21D2,22D2,24D2,25D2. The second-order valence-corrected chi connectivity index (χ2v) is 13.9. The summed E-state index contributed by atoms with van der Waals surface area (Å²) in [6.07, 6.45) is -14.5. The van der Waals surface area contributed by atoms with E-state index in [1.54, 1.807) is 50.2 Å². The normalized spacial score (nSPS) is 16.0. The van der Waals surface area contributed by atoms with Gasteiger partial charge in [0.1, 0.15) is 17.0 Å². The summed E-state index contributed by atoms with van der Waals surface area (Å²) in [7, 11) is 0. The molecule has 284 valence electrons. The number of halogens is 1. The Morgan fingerprint density at radius 1 is 0.500 bits per heavy atom. The molecule has 5 aromatic carbocycles. The third-order valence-corrected chi connectivity index (χ3v) is 9.84. The SMILES string of the molecule is [2H]C([2H])(c1ccc(-c2cccc3c2oc2cccc(F)c23)nc1)C([2H])([2H])c1cc(C([2H])([2H])C([2H])([2H])c2cnc(-c3ccccc3)cc2C)cc(C([2H])([2H])C([2H])([2H])c2cnc(-c3ccccc3)cc2C)c1. The first-order valence-electron chi connectivity index (χ1n) is 24.8. The van der Waals surface area contributed by atoms with E-state index in [1.807, 2.05) is 60.7 Å². The molecule has 0 fully saturated rings. The van der Waals surface area contributed by atoms with E-state index >= 15 is 0 Å². The molecule has 0 saturated heterocycles. The number of hydrogen-bond donors (Lipinski definition) is 0. The molecule has 0 amide bonds. The van der Waals surface area contributed by atoms with Crippen LogP contribution in [0.2, 0.25) is 0 Å². The first kappa shape index (κ1) is 25.5. The molecule has 4 heterocycles. The number of pyridine rings is 3. The van der Waals surface area contributed by atoms with Crippen LogP contribution >= 0.6 is 0 Å². The summed E-state index contributed by atoms with van der Waals surface area (Å²) in [5, 5.41) is 0.788. The molecule has 9 rings (SSSR count). The van der Waals surface area contributed by atoms with Crippen LogP contribution in [0.3, 0.4) is 0 Å². The van der Waals surface area contributed by atoms with E-state index in [-0.39, 0.29) is 22.1 Å². The fourth-order valence-electron chi connectivity index (χ4n) is 6.81. The molecule has 4 aromatic heterocycles. The first-order chi connectivity index (χ1) is 33.0. The van der Waals surface area contributed by atoms with Gasteiger partial charge < -0.3 is 4.42 Å². The van der Waals surface area contributed by atoms with E-state index in [1.165, 1.54) is 36.7 Å². The Morgan fingerprint density at radius 2 is 1.03 bits per heavy atom. The zero-order valence-corrected chi connectivity index (χ0v) is 31.6. The Bertz CT molecular complexity index is 3310. The average molecular weight is 770 g/mol. The van der Waals surface area contributed by atoms with Crippen LogP contribution < -0.4 is 0 Å². The molecule has 58 heavy (non-hydrogen) atoms. The summed E-state index contributed by atoms with van der Waals surface area (Å²) in [6, 6.07) is 36.8. The van der Waals surface area contributed by atoms with E-state index in [9.17, 15) is 20.8 Å². The van der Waals surface area contributed by atoms with Crippen LogP contribution in [0, 0.1) is 19.7 Å². The molecular formula is C53H44FN3O. The van der Waals surface area contributed by atoms with Gasteiger partial charge in [0.25, 0.3) is 0 Å². The van der Waals surface area contributed by atoms with Gasteiger partial charge in [-0.15, -0.1) is 0 Å². The number of fused-ring (bicyclic) bond motifs is 3. The molecule has 0 unspecified atom stereocenters. The van der Waals surface area contributed by atoms with Crippen LogP contribution in [0.4, 0.5) is 4.39 Å². The van der Waals surface area contributed by atoms with Gasteiger partial charge in [0.15, 0.2) is 0 Å². The number of rotatable bonds is 12. The molecule has 0 bridgehead atoms. The fourth-order valence-corrected chi connectivity index (χ4v) is 6.81. The molecule has 0 aliphatic heterocycles. The first-order valence-corrected chi connectivity index (χ1v) is 18.8. The maximum absolute atomic E-state index is 14.9. The predicted octanol–water partition coefficient (Wildman–Crippen LogP) is 12.9. The molecule has 9 aromatic rings. The lowest BCUT2D eigenvalue weighted by Gasteiger charge is -2.13. The second-order valence-electron chi connectivity index (χ2n) is 13.9. The molecular weight excluding hydrogens is 714 g/mol. The van der Waals surface area contributed by atoms with Crippen molar-refractivity contribution >= 4 is 21.9 Å². The third kappa shape index (κ3) is 7.94. The molecule has 5 heteroatoms. The predicted molar refractivity (Wildman–Crippen MR) is 234 cm³/mol. The van der Waals surface area contributed by atoms with E-state index in [0.717, 1.165) is 35.5 Å². The highest BCUT2D eigenvalue weighted by atomic mass is 19.1. The van der Waals surface area contributed by atoms with Crippen molar-refractivity contribution in [3.05, 3.63) is 208 Å². The molecule has 0 atom stereocenters. The maximum atomic E-state index is 14.9. The number of furan rings is 1. The largest absolute Gasteiger partial charge is 0.455 e. The quantitative estimate of drug-likeness (QED) is 0.124. The van der Waals surface area contributed by atoms with E-state index in [0.29, 0.717) is 50.3 Å². The number of aryl methyl sites for hydroxylation is 8. The maximum Gasteiger partial charge on any atom is 0.144 e. The van der Waals surface area contributed by atoms with Crippen LogP contribution in [0.25, 0.3) is 55.7 Å². The zero-order valence-electron chi connectivity index (χ0n) is 43.6.